The molecule has 1 heterocycles. The molecule has 4 aromatic rings. The van der Waals surface area contributed by atoms with Gasteiger partial charge in [0.2, 0.25) is 0 Å². The van der Waals surface area contributed by atoms with Gasteiger partial charge in [-0.3, -0.25) is 4.79 Å². The summed E-state index contributed by atoms with van der Waals surface area (Å²) in [5, 5.41) is 9.22. The zero-order chi connectivity index (χ0) is 20.9. The summed E-state index contributed by atoms with van der Waals surface area (Å²) in [5.41, 5.74) is 6.67. The third-order valence-electron chi connectivity index (χ3n) is 4.93. The monoisotopic (exact) mass is 413 g/mol. The summed E-state index contributed by atoms with van der Waals surface area (Å²) in [6.45, 7) is 4.17. The molecule has 3 aromatic carbocycles. The molecule has 2 N–H and O–H groups in total. The molecule has 0 unspecified atom stereocenters. The van der Waals surface area contributed by atoms with E-state index in [1.807, 2.05) is 72.1 Å². The number of nitrogens with one attached hydrogen (secondary N) is 2. The number of nitrogens with zero attached hydrogens (tertiary/aromatic N) is 1. The van der Waals surface area contributed by atoms with Crippen LogP contribution >= 0.6 is 11.3 Å². The van der Waals surface area contributed by atoms with Gasteiger partial charge in [-0.2, -0.15) is 0 Å². The molecule has 4 rings (SSSR count). The maximum Gasteiger partial charge on any atom is 0.255 e. The number of hydrogen-bond acceptors (Lipinski definition) is 4. The highest BCUT2D eigenvalue weighted by Gasteiger charge is 2.09. The van der Waals surface area contributed by atoms with E-state index in [1.54, 1.807) is 11.3 Å². The van der Waals surface area contributed by atoms with Crippen LogP contribution in [0, 0.1) is 6.92 Å². The summed E-state index contributed by atoms with van der Waals surface area (Å²) in [5.74, 6) is -0.116. The molecule has 30 heavy (non-hydrogen) atoms. The summed E-state index contributed by atoms with van der Waals surface area (Å²) >= 11 is 1.56. The van der Waals surface area contributed by atoms with Crippen LogP contribution in [0.25, 0.3) is 11.3 Å². The third-order valence-corrected chi connectivity index (χ3v) is 5.69. The number of carbonyl (C=O) groups excluding carboxylic acids is 1. The molecular formula is C25H23N3OS. The minimum absolute atomic E-state index is 0.116. The number of aryl methyl sites for hydroxylation is 2. The Morgan fingerprint density at radius 1 is 1.00 bits per heavy atom. The van der Waals surface area contributed by atoms with Gasteiger partial charge in [-0.15, -0.1) is 11.3 Å². The van der Waals surface area contributed by atoms with Gasteiger partial charge >= 0.3 is 0 Å². The first kappa shape index (κ1) is 19.9. The van der Waals surface area contributed by atoms with Crippen LogP contribution in [-0.2, 0) is 6.42 Å². The van der Waals surface area contributed by atoms with Crippen molar-refractivity contribution in [2.45, 2.75) is 20.3 Å². The first-order chi connectivity index (χ1) is 14.6. The number of benzene rings is 3. The second kappa shape index (κ2) is 8.93. The quantitative estimate of drug-likeness (QED) is 0.371. The Bertz CT molecular complexity index is 1160. The van der Waals surface area contributed by atoms with Crippen LogP contribution in [-0.4, -0.2) is 10.9 Å². The molecule has 0 aliphatic rings. The topological polar surface area (TPSA) is 54.0 Å². The van der Waals surface area contributed by atoms with Crippen LogP contribution in [0.15, 0.2) is 78.2 Å². The van der Waals surface area contributed by atoms with E-state index >= 15 is 0 Å². The van der Waals surface area contributed by atoms with Gasteiger partial charge in [0.25, 0.3) is 5.91 Å². The van der Waals surface area contributed by atoms with E-state index in [0.29, 0.717) is 5.56 Å². The highest BCUT2D eigenvalue weighted by Crippen LogP contribution is 2.29. The van der Waals surface area contributed by atoms with Gasteiger partial charge in [0.05, 0.1) is 5.69 Å². The molecule has 5 heteroatoms. The number of rotatable bonds is 6. The molecule has 150 valence electrons. The van der Waals surface area contributed by atoms with Gasteiger partial charge in [0, 0.05) is 27.9 Å². The first-order valence-corrected chi connectivity index (χ1v) is 10.8. The Morgan fingerprint density at radius 3 is 2.57 bits per heavy atom. The fraction of sp³-hybridized carbons (Fsp3) is 0.120. The molecule has 1 aromatic heterocycles. The van der Waals surface area contributed by atoms with E-state index in [9.17, 15) is 4.79 Å². The van der Waals surface area contributed by atoms with Gasteiger partial charge < -0.3 is 10.6 Å². The molecule has 0 bridgehead atoms. The number of carbonyl (C=O) groups is 1. The second-order valence-corrected chi connectivity index (χ2v) is 7.92. The lowest BCUT2D eigenvalue weighted by atomic mass is 10.1. The zero-order valence-corrected chi connectivity index (χ0v) is 17.8. The third kappa shape index (κ3) is 4.58. The highest BCUT2D eigenvalue weighted by molar-refractivity contribution is 7.14. The van der Waals surface area contributed by atoms with Crippen molar-refractivity contribution in [1.82, 2.24) is 4.98 Å². The van der Waals surface area contributed by atoms with Crippen molar-refractivity contribution in [1.29, 1.82) is 0 Å². The maximum absolute atomic E-state index is 12.6. The maximum atomic E-state index is 12.6. The number of aromatic nitrogens is 1. The van der Waals surface area contributed by atoms with Gasteiger partial charge in [-0.05, 0) is 54.8 Å². The molecule has 0 spiro atoms. The first-order valence-electron chi connectivity index (χ1n) is 9.91. The van der Waals surface area contributed by atoms with Crippen LogP contribution in [0.5, 0.6) is 0 Å². The number of thiazole rings is 1. The van der Waals surface area contributed by atoms with Crippen molar-refractivity contribution in [3.63, 3.8) is 0 Å². The van der Waals surface area contributed by atoms with E-state index in [1.165, 1.54) is 11.1 Å². The summed E-state index contributed by atoms with van der Waals surface area (Å²) < 4.78 is 0. The number of anilines is 3. The molecule has 0 atom stereocenters. The van der Waals surface area contributed by atoms with Crippen molar-refractivity contribution in [3.05, 3.63) is 94.9 Å². The van der Waals surface area contributed by atoms with Crippen LogP contribution in [0.4, 0.5) is 16.5 Å². The van der Waals surface area contributed by atoms with Crippen LogP contribution < -0.4 is 10.6 Å². The van der Waals surface area contributed by atoms with Crippen molar-refractivity contribution in [2.75, 3.05) is 10.6 Å². The van der Waals surface area contributed by atoms with Gasteiger partial charge in [0.15, 0.2) is 5.13 Å². The largest absolute Gasteiger partial charge is 0.331 e. The van der Waals surface area contributed by atoms with E-state index in [-0.39, 0.29) is 5.91 Å². The molecule has 4 nitrogen and oxygen atoms in total. The standard InChI is InChI=1S/C25H23N3OS/c1-3-18-11-13-19(14-12-18)24(29)26-21-9-6-8-20(15-21)23-16-30-25(28-23)27-22-10-5-4-7-17(22)2/h4-16H,3H2,1-2H3,(H,26,29)(H,27,28). The Hall–Kier alpha value is -3.44. The van der Waals surface area contributed by atoms with Crippen molar-refractivity contribution < 1.29 is 4.79 Å². The minimum Gasteiger partial charge on any atom is -0.331 e. The summed E-state index contributed by atoms with van der Waals surface area (Å²) in [6, 6.07) is 23.6. The van der Waals surface area contributed by atoms with Gasteiger partial charge in [-0.25, -0.2) is 4.98 Å². The fourth-order valence-corrected chi connectivity index (χ4v) is 3.88. The molecule has 0 saturated heterocycles. The summed E-state index contributed by atoms with van der Waals surface area (Å²) in [4.78, 5) is 17.3. The fourth-order valence-electron chi connectivity index (χ4n) is 3.14. The molecule has 0 aliphatic carbocycles. The average molecular weight is 414 g/mol. The molecule has 0 aliphatic heterocycles. The van der Waals surface area contributed by atoms with E-state index in [0.717, 1.165) is 34.2 Å². The van der Waals surface area contributed by atoms with E-state index < -0.39 is 0 Å². The van der Waals surface area contributed by atoms with Crippen LogP contribution in [0.1, 0.15) is 28.4 Å². The minimum atomic E-state index is -0.116. The Morgan fingerprint density at radius 2 is 1.80 bits per heavy atom. The lowest BCUT2D eigenvalue weighted by molar-refractivity contribution is 0.102. The summed E-state index contributed by atoms with van der Waals surface area (Å²) in [6.07, 6.45) is 0.957. The number of amides is 1. The molecular weight excluding hydrogens is 390 g/mol. The Balaban J connectivity index is 1.48. The second-order valence-electron chi connectivity index (χ2n) is 7.06. The van der Waals surface area contributed by atoms with Gasteiger partial charge in [-0.1, -0.05) is 49.4 Å². The van der Waals surface area contributed by atoms with Crippen molar-refractivity contribution >= 4 is 33.8 Å². The number of para-hydroxylation sites is 1. The van der Waals surface area contributed by atoms with Crippen LogP contribution in [0.3, 0.4) is 0 Å². The van der Waals surface area contributed by atoms with Gasteiger partial charge in [0.1, 0.15) is 0 Å². The summed E-state index contributed by atoms with van der Waals surface area (Å²) in [7, 11) is 0. The normalized spacial score (nSPS) is 10.6. The Kier molecular flexibility index (Phi) is 5.91. The van der Waals surface area contributed by atoms with Crippen LogP contribution in [0.2, 0.25) is 0 Å². The van der Waals surface area contributed by atoms with E-state index in [2.05, 4.69) is 30.5 Å². The molecule has 0 fully saturated rings. The molecule has 1 amide bonds. The lowest BCUT2D eigenvalue weighted by Crippen LogP contribution is -2.11. The SMILES string of the molecule is CCc1ccc(C(=O)Nc2cccc(-c3csc(Nc4ccccc4C)n3)c2)cc1. The smallest absolute Gasteiger partial charge is 0.255 e. The van der Waals surface area contributed by atoms with Crippen molar-refractivity contribution in [2.24, 2.45) is 0 Å². The predicted molar refractivity (Wildman–Crippen MR) is 126 cm³/mol. The lowest BCUT2D eigenvalue weighted by Gasteiger charge is -2.08. The zero-order valence-electron chi connectivity index (χ0n) is 17.0. The highest BCUT2D eigenvalue weighted by atomic mass is 32.1. The predicted octanol–water partition coefficient (Wildman–Crippen LogP) is 6.68. The molecule has 0 radical (unpaired) electrons. The molecule has 0 saturated carbocycles. The number of hydrogen-bond donors (Lipinski definition) is 2. The van der Waals surface area contributed by atoms with E-state index in [4.69, 9.17) is 4.98 Å². The van der Waals surface area contributed by atoms with Crippen molar-refractivity contribution in [3.8, 4) is 11.3 Å². The average Bonchev–Trinajstić information content (AvgIpc) is 3.24. The Labute approximate surface area is 180 Å².